The van der Waals surface area contributed by atoms with E-state index in [1.54, 1.807) is 10.4 Å². The minimum Gasteiger partial charge on any atom is -0.392 e. The molecule has 1 fully saturated rings. The van der Waals surface area contributed by atoms with Gasteiger partial charge in [-0.15, -0.1) is 0 Å². The molecular weight excluding hydrogens is 274 g/mol. The van der Waals surface area contributed by atoms with Crippen LogP contribution in [0, 0.1) is 19.3 Å². The lowest BCUT2D eigenvalue weighted by atomic mass is 9.93. The standard InChI is InChI=1S/C15H23NO3S/c1-11-7-12(2)14(8-13(11)9-17)20(18,19)16-6-5-15(3,4)10-16/h7-8,17H,5-6,9-10H2,1-4H3. The van der Waals surface area contributed by atoms with E-state index in [0.717, 1.165) is 17.5 Å². The molecule has 1 saturated heterocycles. The van der Waals surface area contributed by atoms with E-state index < -0.39 is 10.0 Å². The van der Waals surface area contributed by atoms with Crippen LogP contribution in [0.25, 0.3) is 0 Å². The highest BCUT2D eigenvalue weighted by Crippen LogP contribution is 2.34. The Balaban J connectivity index is 2.45. The molecule has 4 nitrogen and oxygen atoms in total. The number of aliphatic hydroxyl groups excluding tert-OH is 1. The van der Waals surface area contributed by atoms with Gasteiger partial charge >= 0.3 is 0 Å². The second-order valence-corrected chi connectivity index (χ2v) is 8.36. The Kier molecular flexibility index (Phi) is 3.97. The van der Waals surface area contributed by atoms with E-state index in [2.05, 4.69) is 13.8 Å². The Morgan fingerprint density at radius 1 is 1.25 bits per heavy atom. The molecule has 0 aromatic heterocycles. The summed E-state index contributed by atoms with van der Waals surface area (Å²) in [6, 6.07) is 3.45. The monoisotopic (exact) mass is 297 g/mol. The Labute approximate surface area is 121 Å². The summed E-state index contributed by atoms with van der Waals surface area (Å²) in [6.07, 6.45) is 0.879. The Morgan fingerprint density at radius 3 is 2.40 bits per heavy atom. The van der Waals surface area contributed by atoms with Gasteiger partial charge in [0.2, 0.25) is 10.0 Å². The molecule has 1 aromatic rings. The van der Waals surface area contributed by atoms with Gasteiger partial charge in [0.05, 0.1) is 11.5 Å². The second-order valence-electron chi connectivity index (χ2n) is 6.46. The number of aryl methyl sites for hydroxylation is 2. The maximum Gasteiger partial charge on any atom is 0.243 e. The first-order valence-corrected chi connectivity index (χ1v) is 8.32. The maximum absolute atomic E-state index is 12.8. The van der Waals surface area contributed by atoms with Gasteiger partial charge in [-0.1, -0.05) is 19.9 Å². The smallest absolute Gasteiger partial charge is 0.243 e. The zero-order valence-electron chi connectivity index (χ0n) is 12.6. The Bertz CT molecular complexity index is 620. The fraction of sp³-hybridized carbons (Fsp3) is 0.600. The zero-order valence-corrected chi connectivity index (χ0v) is 13.4. The van der Waals surface area contributed by atoms with Crippen molar-refractivity contribution in [1.82, 2.24) is 4.31 Å². The molecule has 2 rings (SSSR count). The second kappa shape index (κ2) is 5.13. The van der Waals surface area contributed by atoms with E-state index in [-0.39, 0.29) is 12.0 Å². The largest absolute Gasteiger partial charge is 0.392 e. The van der Waals surface area contributed by atoms with Crippen molar-refractivity contribution in [3.8, 4) is 0 Å². The molecule has 112 valence electrons. The molecule has 0 unspecified atom stereocenters. The number of benzene rings is 1. The molecule has 5 heteroatoms. The van der Waals surface area contributed by atoms with Crippen LogP contribution in [-0.4, -0.2) is 30.9 Å². The lowest BCUT2D eigenvalue weighted by Crippen LogP contribution is -2.31. The van der Waals surface area contributed by atoms with E-state index in [1.807, 2.05) is 19.9 Å². The molecule has 1 N–H and O–H groups in total. The van der Waals surface area contributed by atoms with Gasteiger partial charge in [-0.2, -0.15) is 4.31 Å². The lowest BCUT2D eigenvalue weighted by molar-refractivity contribution is 0.280. The zero-order chi connectivity index (χ0) is 15.1. The maximum atomic E-state index is 12.8. The van der Waals surface area contributed by atoms with Crippen molar-refractivity contribution in [2.75, 3.05) is 13.1 Å². The van der Waals surface area contributed by atoms with E-state index in [0.29, 0.717) is 23.5 Å². The summed E-state index contributed by atoms with van der Waals surface area (Å²) in [7, 11) is -3.47. The van der Waals surface area contributed by atoms with Gasteiger partial charge in [0, 0.05) is 13.1 Å². The summed E-state index contributed by atoms with van der Waals surface area (Å²) in [4.78, 5) is 0.324. The van der Waals surface area contributed by atoms with Crippen molar-refractivity contribution in [2.45, 2.75) is 45.6 Å². The molecule has 0 saturated carbocycles. The third kappa shape index (κ3) is 2.75. The summed E-state index contributed by atoms with van der Waals surface area (Å²) < 4.78 is 27.1. The molecule has 0 radical (unpaired) electrons. The van der Waals surface area contributed by atoms with Crippen LogP contribution in [0.2, 0.25) is 0 Å². The molecule has 0 amide bonds. The van der Waals surface area contributed by atoms with Crippen molar-refractivity contribution in [3.05, 3.63) is 28.8 Å². The van der Waals surface area contributed by atoms with Crippen LogP contribution in [0.1, 0.15) is 37.0 Å². The summed E-state index contributed by atoms with van der Waals surface area (Å²) in [5.41, 5.74) is 2.37. The van der Waals surface area contributed by atoms with Crippen LogP contribution in [0.15, 0.2) is 17.0 Å². The molecule has 20 heavy (non-hydrogen) atoms. The molecule has 0 spiro atoms. The van der Waals surface area contributed by atoms with Gasteiger partial charge in [0.25, 0.3) is 0 Å². The SMILES string of the molecule is Cc1cc(C)c(S(=O)(=O)N2CCC(C)(C)C2)cc1CO. The quantitative estimate of drug-likeness (QED) is 0.930. The van der Waals surface area contributed by atoms with Gasteiger partial charge in [0.1, 0.15) is 0 Å². The molecule has 0 atom stereocenters. The predicted molar refractivity (Wildman–Crippen MR) is 79.0 cm³/mol. The van der Waals surface area contributed by atoms with Crippen LogP contribution >= 0.6 is 0 Å². The molecule has 1 aliphatic rings. The average molecular weight is 297 g/mol. The first-order valence-electron chi connectivity index (χ1n) is 6.88. The summed E-state index contributed by atoms with van der Waals surface area (Å²) >= 11 is 0. The van der Waals surface area contributed by atoms with Gasteiger partial charge in [0.15, 0.2) is 0 Å². The third-order valence-electron chi connectivity index (χ3n) is 4.06. The minimum absolute atomic E-state index is 0.0332. The van der Waals surface area contributed by atoms with Crippen molar-refractivity contribution in [3.63, 3.8) is 0 Å². The number of nitrogens with zero attached hydrogens (tertiary/aromatic N) is 1. The normalized spacial score (nSPS) is 19.4. The van der Waals surface area contributed by atoms with E-state index in [9.17, 15) is 13.5 Å². The number of hydrogen-bond acceptors (Lipinski definition) is 3. The molecule has 0 bridgehead atoms. The van der Waals surface area contributed by atoms with Gasteiger partial charge < -0.3 is 5.11 Å². The highest BCUT2D eigenvalue weighted by Gasteiger charge is 2.37. The van der Waals surface area contributed by atoms with E-state index >= 15 is 0 Å². The molecule has 1 aromatic carbocycles. The van der Waals surface area contributed by atoms with E-state index in [1.165, 1.54) is 0 Å². The number of hydrogen-bond donors (Lipinski definition) is 1. The fourth-order valence-electron chi connectivity index (χ4n) is 2.73. The van der Waals surface area contributed by atoms with Crippen LogP contribution in [0.4, 0.5) is 0 Å². The fourth-order valence-corrected chi connectivity index (χ4v) is 4.62. The first-order chi connectivity index (χ1) is 9.17. The number of sulfonamides is 1. The minimum atomic E-state index is -3.47. The van der Waals surface area contributed by atoms with Gasteiger partial charge in [-0.3, -0.25) is 0 Å². The lowest BCUT2D eigenvalue weighted by Gasteiger charge is -2.21. The summed E-state index contributed by atoms with van der Waals surface area (Å²) in [5, 5.41) is 9.34. The highest BCUT2D eigenvalue weighted by atomic mass is 32.2. The molecule has 0 aliphatic carbocycles. The summed E-state index contributed by atoms with van der Waals surface area (Å²) in [5.74, 6) is 0. The molecule has 1 heterocycles. The molecule has 1 aliphatic heterocycles. The van der Waals surface area contributed by atoms with Crippen molar-refractivity contribution < 1.29 is 13.5 Å². The third-order valence-corrected chi connectivity index (χ3v) is 6.05. The van der Waals surface area contributed by atoms with E-state index in [4.69, 9.17) is 0 Å². The topological polar surface area (TPSA) is 57.6 Å². The summed E-state index contributed by atoms with van der Waals surface area (Å²) in [6.45, 7) is 8.85. The van der Waals surface area contributed by atoms with Crippen LogP contribution in [0.5, 0.6) is 0 Å². The number of rotatable bonds is 3. The number of aliphatic hydroxyl groups is 1. The van der Waals surface area contributed by atoms with Gasteiger partial charge in [-0.05, 0) is 48.4 Å². The Morgan fingerprint density at radius 2 is 1.90 bits per heavy atom. The van der Waals surface area contributed by atoms with Crippen molar-refractivity contribution in [1.29, 1.82) is 0 Å². The van der Waals surface area contributed by atoms with Crippen LogP contribution < -0.4 is 0 Å². The van der Waals surface area contributed by atoms with Crippen molar-refractivity contribution >= 4 is 10.0 Å². The predicted octanol–water partition coefficient (Wildman–Crippen LogP) is 2.22. The van der Waals surface area contributed by atoms with Crippen molar-refractivity contribution in [2.24, 2.45) is 5.41 Å². The van der Waals surface area contributed by atoms with Crippen LogP contribution in [-0.2, 0) is 16.6 Å². The first kappa shape index (κ1) is 15.5. The van der Waals surface area contributed by atoms with Crippen LogP contribution in [0.3, 0.4) is 0 Å². The highest BCUT2D eigenvalue weighted by molar-refractivity contribution is 7.89. The molecular formula is C15H23NO3S. The van der Waals surface area contributed by atoms with Gasteiger partial charge in [-0.25, -0.2) is 8.42 Å². The Hall–Kier alpha value is -0.910. The average Bonchev–Trinajstić information content (AvgIpc) is 2.70.